The van der Waals surface area contributed by atoms with Gasteiger partial charge in [-0.3, -0.25) is 4.79 Å². The molecular formula is C20H21N3O2S. The predicted octanol–water partition coefficient (Wildman–Crippen LogP) is 5.14. The molecule has 2 aromatic carbocycles. The molecule has 3 rings (SSSR count). The summed E-state index contributed by atoms with van der Waals surface area (Å²) < 4.78 is 5.38. The zero-order chi connectivity index (χ0) is 18.7. The van der Waals surface area contributed by atoms with E-state index in [4.69, 9.17) is 9.72 Å². The number of ether oxygens (including phenoxy) is 1. The van der Waals surface area contributed by atoms with Gasteiger partial charge in [-0.05, 0) is 55.3 Å². The zero-order valence-corrected chi connectivity index (χ0v) is 16.0. The van der Waals surface area contributed by atoms with Crippen molar-refractivity contribution in [3.63, 3.8) is 0 Å². The van der Waals surface area contributed by atoms with Gasteiger partial charge in [-0.1, -0.05) is 6.07 Å². The number of hydrogen-bond donors (Lipinski definition) is 2. The van der Waals surface area contributed by atoms with Crippen LogP contribution in [0.1, 0.15) is 18.1 Å². The fourth-order valence-corrected chi connectivity index (χ4v) is 3.47. The van der Waals surface area contributed by atoms with E-state index in [1.807, 2.05) is 42.6 Å². The summed E-state index contributed by atoms with van der Waals surface area (Å²) in [6.45, 7) is 5.58. The third-order valence-corrected chi connectivity index (χ3v) is 4.71. The van der Waals surface area contributed by atoms with E-state index in [0.29, 0.717) is 0 Å². The molecule has 0 saturated heterocycles. The molecule has 3 aromatic rings. The van der Waals surface area contributed by atoms with Crippen molar-refractivity contribution in [3.05, 3.63) is 52.9 Å². The highest BCUT2D eigenvalue weighted by Crippen LogP contribution is 2.33. The number of aryl methyl sites for hydroxylation is 2. The highest BCUT2D eigenvalue weighted by molar-refractivity contribution is 7.14. The number of nitrogens with one attached hydrogen (secondary N) is 2. The van der Waals surface area contributed by atoms with Crippen molar-refractivity contribution < 1.29 is 9.53 Å². The molecular weight excluding hydrogens is 346 g/mol. The van der Waals surface area contributed by atoms with Gasteiger partial charge in [0.25, 0.3) is 0 Å². The van der Waals surface area contributed by atoms with Gasteiger partial charge in [-0.15, -0.1) is 11.3 Å². The lowest BCUT2D eigenvalue weighted by Gasteiger charge is -2.09. The summed E-state index contributed by atoms with van der Waals surface area (Å²) in [5.74, 6) is 0.790. The van der Waals surface area contributed by atoms with Gasteiger partial charge in [0.05, 0.1) is 12.8 Å². The van der Waals surface area contributed by atoms with Crippen molar-refractivity contribution >= 4 is 33.8 Å². The first-order chi connectivity index (χ1) is 12.5. The van der Waals surface area contributed by atoms with E-state index in [9.17, 15) is 4.79 Å². The van der Waals surface area contributed by atoms with Gasteiger partial charge in [0.15, 0.2) is 5.13 Å². The second-order valence-electron chi connectivity index (χ2n) is 6.06. The lowest BCUT2D eigenvalue weighted by atomic mass is 10.0. The summed E-state index contributed by atoms with van der Waals surface area (Å²) in [6.07, 6.45) is 0. The molecule has 0 aliphatic heterocycles. The van der Waals surface area contributed by atoms with Crippen molar-refractivity contribution in [3.8, 4) is 17.0 Å². The Labute approximate surface area is 157 Å². The average Bonchev–Trinajstić information content (AvgIpc) is 3.04. The van der Waals surface area contributed by atoms with Crippen molar-refractivity contribution in [1.82, 2.24) is 4.98 Å². The highest BCUT2D eigenvalue weighted by Gasteiger charge is 2.11. The molecule has 0 bridgehead atoms. The Morgan fingerprint density at radius 2 is 1.88 bits per heavy atom. The van der Waals surface area contributed by atoms with Crippen LogP contribution < -0.4 is 15.4 Å². The van der Waals surface area contributed by atoms with Crippen LogP contribution in [0.15, 0.2) is 41.8 Å². The van der Waals surface area contributed by atoms with Gasteiger partial charge in [-0.25, -0.2) is 4.98 Å². The van der Waals surface area contributed by atoms with E-state index in [-0.39, 0.29) is 5.91 Å². The van der Waals surface area contributed by atoms with E-state index in [1.165, 1.54) is 6.92 Å². The number of carbonyl (C=O) groups is 1. The Morgan fingerprint density at radius 3 is 2.62 bits per heavy atom. The summed E-state index contributed by atoms with van der Waals surface area (Å²) in [7, 11) is 1.68. The van der Waals surface area contributed by atoms with E-state index in [1.54, 1.807) is 18.4 Å². The molecule has 0 unspecified atom stereocenters. The minimum Gasteiger partial charge on any atom is -0.496 e. The van der Waals surface area contributed by atoms with Crippen molar-refractivity contribution in [1.29, 1.82) is 0 Å². The maximum Gasteiger partial charge on any atom is 0.221 e. The minimum absolute atomic E-state index is 0.0935. The lowest BCUT2D eigenvalue weighted by molar-refractivity contribution is -0.114. The number of hydrogen-bond acceptors (Lipinski definition) is 5. The Hall–Kier alpha value is -2.86. The van der Waals surface area contributed by atoms with Crippen LogP contribution in [0.3, 0.4) is 0 Å². The third kappa shape index (κ3) is 4.03. The number of anilines is 3. The molecule has 5 nitrogen and oxygen atoms in total. The van der Waals surface area contributed by atoms with Crippen LogP contribution >= 0.6 is 11.3 Å². The Bertz CT molecular complexity index is 950. The molecule has 26 heavy (non-hydrogen) atoms. The van der Waals surface area contributed by atoms with E-state index >= 15 is 0 Å². The molecule has 134 valence electrons. The van der Waals surface area contributed by atoms with Crippen molar-refractivity contribution in [2.75, 3.05) is 17.7 Å². The maximum atomic E-state index is 11.2. The number of carbonyl (C=O) groups excluding carboxylic acids is 1. The lowest BCUT2D eigenvalue weighted by Crippen LogP contribution is -2.05. The van der Waals surface area contributed by atoms with Crippen LogP contribution in [0.2, 0.25) is 0 Å². The van der Waals surface area contributed by atoms with Gasteiger partial charge in [0, 0.05) is 29.2 Å². The Morgan fingerprint density at radius 1 is 1.12 bits per heavy atom. The van der Waals surface area contributed by atoms with E-state index in [0.717, 1.165) is 44.6 Å². The van der Waals surface area contributed by atoms with Gasteiger partial charge in [-0.2, -0.15) is 0 Å². The van der Waals surface area contributed by atoms with Crippen LogP contribution in [0.5, 0.6) is 5.75 Å². The van der Waals surface area contributed by atoms with Gasteiger partial charge >= 0.3 is 0 Å². The van der Waals surface area contributed by atoms with Crippen LogP contribution in [-0.4, -0.2) is 18.0 Å². The minimum atomic E-state index is -0.0935. The van der Waals surface area contributed by atoms with E-state index in [2.05, 4.69) is 23.6 Å². The van der Waals surface area contributed by atoms with E-state index < -0.39 is 0 Å². The van der Waals surface area contributed by atoms with Gasteiger partial charge in [0.1, 0.15) is 5.75 Å². The van der Waals surface area contributed by atoms with Gasteiger partial charge in [0.2, 0.25) is 5.91 Å². The fraction of sp³-hybridized carbons (Fsp3) is 0.200. The van der Waals surface area contributed by atoms with Crippen LogP contribution in [0, 0.1) is 13.8 Å². The summed E-state index contributed by atoms with van der Waals surface area (Å²) in [5.41, 5.74) is 5.86. The zero-order valence-electron chi connectivity index (χ0n) is 15.2. The number of aromatic nitrogens is 1. The average molecular weight is 367 g/mol. The highest BCUT2D eigenvalue weighted by atomic mass is 32.1. The standard InChI is InChI=1S/C20H21N3O2S/c1-12-9-19(25-4)13(2)8-17(12)18-11-26-20(23-18)22-16-7-5-6-15(10-16)21-14(3)24/h5-11H,1-4H3,(H,21,24)(H,22,23). The summed E-state index contributed by atoms with van der Waals surface area (Å²) in [4.78, 5) is 15.9. The van der Waals surface area contributed by atoms with Crippen molar-refractivity contribution in [2.24, 2.45) is 0 Å². The third-order valence-electron chi connectivity index (χ3n) is 3.96. The number of thiazole rings is 1. The Balaban J connectivity index is 1.83. The largest absolute Gasteiger partial charge is 0.496 e. The molecule has 1 aromatic heterocycles. The molecule has 0 saturated carbocycles. The maximum absolute atomic E-state index is 11.2. The molecule has 0 aliphatic rings. The normalized spacial score (nSPS) is 10.5. The SMILES string of the molecule is COc1cc(C)c(-c2csc(Nc3cccc(NC(C)=O)c3)n2)cc1C. The van der Waals surface area contributed by atoms with Gasteiger partial charge < -0.3 is 15.4 Å². The van der Waals surface area contributed by atoms with Crippen LogP contribution in [0.25, 0.3) is 11.3 Å². The number of methoxy groups -OCH3 is 1. The number of rotatable bonds is 5. The van der Waals surface area contributed by atoms with Crippen LogP contribution in [-0.2, 0) is 4.79 Å². The predicted molar refractivity (Wildman–Crippen MR) is 108 cm³/mol. The first-order valence-corrected chi connectivity index (χ1v) is 9.10. The molecule has 0 radical (unpaired) electrons. The number of nitrogens with zero attached hydrogens (tertiary/aromatic N) is 1. The second-order valence-corrected chi connectivity index (χ2v) is 6.92. The number of benzene rings is 2. The topological polar surface area (TPSA) is 63.2 Å². The Kier molecular flexibility index (Phi) is 5.23. The molecule has 0 spiro atoms. The fourth-order valence-electron chi connectivity index (χ4n) is 2.74. The number of amides is 1. The smallest absolute Gasteiger partial charge is 0.221 e. The molecule has 2 N–H and O–H groups in total. The first-order valence-electron chi connectivity index (χ1n) is 8.22. The molecule has 1 amide bonds. The summed E-state index contributed by atoms with van der Waals surface area (Å²) >= 11 is 1.54. The summed E-state index contributed by atoms with van der Waals surface area (Å²) in [5, 5.41) is 8.91. The first kappa shape index (κ1) is 17.9. The monoisotopic (exact) mass is 367 g/mol. The van der Waals surface area contributed by atoms with Crippen LogP contribution in [0.4, 0.5) is 16.5 Å². The second kappa shape index (κ2) is 7.58. The summed E-state index contributed by atoms with van der Waals surface area (Å²) in [6, 6.07) is 11.7. The molecule has 6 heteroatoms. The van der Waals surface area contributed by atoms with Crippen molar-refractivity contribution in [2.45, 2.75) is 20.8 Å². The molecule has 1 heterocycles. The molecule has 0 aliphatic carbocycles. The molecule has 0 atom stereocenters. The molecule has 0 fully saturated rings. The quantitative estimate of drug-likeness (QED) is 0.655.